The van der Waals surface area contributed by atoms with Gasteiger partial charge in [0.15, 0.2) is 0 Å². The van der Waals surface area contributed by atoms with E-state index in [1.807, 2.05) is 0 Å². The molecule has 0 spiro atoms. The molecule has 0 radical (unpaired) electrons. The molecular weight excluding hydrogens is 194 g/mol. The zero-order valence-corrected chi connectivity index (χ0v) is 8.73. The normalized spacial score (nSPS) is 17.4. The molecule has 6 heteroatoms. The number of nitrogens with zero attached hydrogens (tertiary/aromatic N) is 3. The summed E-state index contributed by atoms with van der Waals surface area (Å²) in [6.45, 7) is 2.07. The van der Waals surface area contributed by atoms with Crippen molar-refractivity contribution < 1.29 is 4.79 Å². The maximum Gasteiger partial charge on any atom is 0.293 e. The number of carbonyl (C=O) groups excluding carboxylic acids is 1. The summed E-state index contributed by atoms with van der Waals surface area (Å²) in [5, 5.41) is 15.8. The van der Waals surface area contributed by atoms with E-state index in [-0.39, 0.29) is 17.8 Å². The Hall–Kier alpha value is -1.46. The van der Waals surface area contributed by atoms with Crippen molar-refractivity contribution in [1.82, 2.24) is 25.9 Å². The highest BCUT2D eigenvalue weighted by molar-refractivity contribution is 5.90. The van der Waals surface area contributed by atoms with Gasteiger partial charge in [-0.15, -0.1) is 10.2 Å². The lowest BCUT2D eigenvalue weighted by atomic mass is 10.1. The fraction of sp³-hybridized carbons (Fsp3) is 0.778. The van der Waals surface area contributed by atoms with Crippen molar-refractivity contribution in [2.75, 3.05) is 0 Å². The molecule has 2 rings (SSSR count). The molecule has 1 fully saturated rings. The van der Waals surface area contributed by atoms with Crippen LogP contribution in [0.2, 0.25) is 0 Å². The highest BCUT2D eigenvalue weighted by Gasteiger charge is 2.26. The topological polar surface area (TPSA) is 83.6 Å². The number of H-pyrrole nitrogens is 1. The predicted molar refractivity (Wildman–Crippen MR) is 53.1 cm³/mol. The number of carbonyl (C=O) groups is 1. The number of aromatic amines is 1. The zero-order valence-electron chi connectivity index (χ0n) is 8.73. The maximum atomic E-state index is 11.6. The van der Waals surface area contributed by atoms with Crippen molar-refractivity contribution in [3.05, 3.63) is 5.82 Å². The quantitative estimate of drug-likeness (QED) is 0.740. The highest BCUT2D eigenvalue weighted by Crippen LogP contribution is 2.34. The summed E-state index contributed by atoms with van der Waals surface area (Å²) in [4.78, 5) is 11.6. The highest BCUT2D eigenvalue weighted by atomic mass is 16.2. The molecule has 1 unspecified atom stereocenters. The van der Waals surface area contributed by atoms with E-state index in [1.165, 1.54) is 12.8 Å². The van der Waals surface area contributed by atoms with Gasteiger partial charge in [0.25, 0.3) is 11.7 Å². The van der Waals surface area contributed by atoms with Crippen molar-refractivity contribution in [3.8, 4) is 0 Å². The molecule has 1 heterocycles. The van der Waals surface area contributed by atoms with Crippen molar-refractivity contribution in [1.29, 1.82) is 0 Å². The Morgan fingerprint density at radius 1 is 1.67 bits per heavy atom. The molecule has 0 aromatic carbocycles. The molecule has 0 aliphatic heterocycles. The van der Waals surface area contributed by atoms with Crippen molar-refractivity contribution >= 4 is 5.91 Å². The smallest absolute Gasteiger partial charge is 0.293 e. The third kappa shape index (κ3) is 2.74. The largest absolute Gasteiger partial charge is 0.346 e. The summed E-state index contributed by atoms with van der Waals surface area (Å²) in [6.07, 6.45) is 4.61. The Bertz CT molecular complexity index is 319. The van der Waals surface area contributed by atoms with E-state index >= 15 is 0 Å². The third-order valence-electron chi connectivity index (χ3n) is 2.69. The van der Waals surface area contributed by atoms with Gasteiger partial charge in [0.2, 0.25) is 0 Å². The third-order valence-corrected chi connectivity index (χ3v) is 2.69. The number of nitrogens with one attached hydrogen (secondary N) is 2. The van der Waals surface area contributed by atoms with Gasteiger partial charge in [0.1, 0.15) is 0 Å². The SMILES string of the molecule is CCC(CC1CC1)NC(=O)c1nn[nH]n1. The first-order valence-electron chi connectivity index (χ1n) is 5.34. The fourth-order valence-corrected chi connectivity index (χ4v) is 1.59. The van der Waals surface area contributed by atoms with E-state index in [4.69, 9.17) is 0 Å². The number of hydrogen-bond acceptors (Lipinski definition) is 4. The Kier molecular flexibility index (Phi) is 2.94. The molecule has 1 amide bonds. The van der Waals surface area contributed by atoms with E-state index in [0.29, 0.717) is 0 Å². The summed E-state index contributed by atoms with van der Waals surface area (Å²) in [6, 6.07) is 0.239. The Morgan fingerprint density at radius 3 is 3.00 bits per heavy atom. The van der Waals surface area contributed by atoms with Crippen LogP contribution in [0.15, 0.2) is 0 Å². The molecule has 6 nitrogen and oxygen atoms in total. The molecule has 82 valence electrons. The van der Waals surface area contributed by atoms with Crippen molar-refractivity contribution in [2.24, 2.45) is 5.92 Å². The average Bonchev–Trinajstić information content (AvgIpc) is 2.88. The van der Waals surface area contributed by atoms with E-state index < -0.39 is 0 Å². The van der Waals surface area contributed by atoms with Crippen LogP contribution >= 0.6 is 0 Å². The lowest BCUT2D eigenvalue weighted by Gasteiger charge is -2.14. The van der Waals surface area contributed by atoms with Gasteiger partial charge in [-0.25, -0.2) is 0 Å². The van der Waals surface area contributed by atoms with Gasteiger partial charge < -0.3 is 5.32 Å². The van der Waals surface area contributed by atoms with Crippen molar-refractivity contribution in [3.63, 3.8) is 0 Å². The van der Waals surface area contributed by atoms with Crippen LogP contribution < -0.4 is 5.32 Å². The Labute approximate surface area is 87.8 Å². The number of amides is 1. The second-order valence-corrected chi connectivity index (χ2v) is 3.99. The minimum atomic E-state index is -0.240. The molecular formula is C9H15N5O. The molecule has 15 heavy (non-hydrogen) atoms. The van der Waals surface area contributed by atoms with Gasteiger partial charge in [-0.3, -0.25) is 4.79 Å². The van der Waals surface area contributed by atoms with Gasteiger partial charge in [-0.1, -0.05) is 19.8 Å². The number of rotatable bonds is 5. The fourth-order valence-electron chi connectivity index (χ4n) is 1.59. The molecule has 1 saturated carbocycles. The van der Waals surface area contributed by atoms with E-state index in [0.717, 1.165) is 18.8 Å². The molecule has 1 aromatic heterocycles. The number of tetrazole rings is 1. The number of hydrogen-bond donors (Lipinski definition) is 2. The summed E-state index contributed by atoms with van der Waals surface area (Å²) < 4.78 is 0. The lowest BCUT2D eigenvalue weighted by molar-refractivity contribution is 0.0922. The Balaban J connectivity index is 1.85. The van der Waals surface area contributed by atoms with Crippen molar-refractivity contribution in [2.45, 2.75) is 38.6 Å². The standard InChI is InChI=1S/C9H15N5O/c1-2-7(5-6-3-4-6)10-9(15)8-11-13-14-12-8/h6-7H,2-5H2,1H3,(H,10,15)(H,11,12,13,14). The van der Waals surface area contributed by atoms with Crippen LogP contribution in [-0.2, 0) is 0 Å². The van der Waals surface area contributed by atoms with E-state index in [1.54, 1.807) is 0 Å². The van der Waals surface area contributed by atoms with Gasteiger partial charge in [-0.2, -0.15) is 5.21 Å². The summed E-state index contributed by atoms with van der Waals surface area (Å²) in [5.74, 6) is 0.681. The lowest BCUT2D eigenvalue weighted by Crippen LogP contribution is -2.35. The van der Waals surface area contributed by atoms with Gasteiger partial charge in [0, 0.05) is 6.04 Å². The summed E-state index contributed by atoms with van der Waals surface area (Å²) in [7, 11) is 0. The second kappa shape index (κ2) is 4.37. The summed E-state index contributed by atoms with van der Waals surface area (Å²) in [5.41, 5.74) is 0. The van der Waals surface area contributed by atoms with Crippen LogP contribution in [0.5, 0.6) is 0 Å². The second-order valence-electron chi connectivity index (χ2n) is 3.99. The van der Waals surface area contributed by atoms with E-state index in [9.17, 15) is 4.79 Å². The van der Waals surface area contributed by atoms with Crippen LogP contribution in [0.3, 0.4) is 0 Å². The monoisotopic (exact) mass is 209 g/mol. The predicted octanol–water partition coefficient (Wildman–Crippen LogP) is 0.508. The molecule has 1 atom stereocenters. The van der Waals surface area contributed by atoms with E-state index in [2.05, 4.69) is 32.9 Å². The van der Waals surface area contributed by atoms with Crippen LogP contribution in [0, 0.1) is 5.92 Å². The molecule has 1 aliphatic carbocycles. The minimum Gasteiger partial charge on any atom is -0.346 e. The molecule has 0 bridgehead atoms. The van der Waals surface area contributed by atoms with Crippen LogP contribution in [0.4, 0.5) is 0 Å². The molecule has 0 saturated heterocycles. The maximum absolute atomic E-state index is 11.6. The van der Waals surface area contributed by atoms with Crippen LogP contribution in [0.25, 0.3) is 0 Å². The zero-order chi connectivity index (χ0) is 10.7. The average molecular weight is 209 g/mol. The van der Waals surface area contributed by atoms with Gasteiger partial charge in [0.05, 0.1) is 0 Å². The van der Waals surface area contributed by atoms with Crippen LogP contribution in [0.1, 0.15) is 43.2 Å². The number of aromatic nitrogens is 4. The molecule has 1 aromatic rings. The van der Waals surface area contributed by atoms with Gasteiger partial charge >= 0.3 is 0 Å². The Morgan fingerprint density at radius 2 is 2.47 bits per heavy atom. The molecule has 1 aliphatic rings. The minimum absolute atomic E-state index is 0.115. The first-order valence-corrected chi connectivity index (χ1v) is 5.34. The first kappa shape index (κ1) is 10.1. The summed E-state index contributed by atoms with van der Waals surface area (Å²) >= 11 is 0. The molecule has 2 N–H and O–H groups in total. The van der Waals surface area contributed by atoms with Gasteiger partial charge in [-0.05, 0) is 24.0 Å². The first-order chi connectivity index (χ1) is 7.29. The van der Waals surface area contributed by atoms with Crippen LogP contribution in [-0.4, -0.2) is 32.6 Å².